The van der Waals surface area contributed by atoms with Crippen molar-refractivity contribution in [1.29, 1.82) is 0 Å². The normalized spacial score (nSPS) is 20.4. The zero-order valence-electron chi connectivity index (χ0n) is 24.6. The van der Waals surface area contributed by atoms with Gasteiger partial charge in [0.15, 0.2) is 0 Å². The van der Waals surface area contributed by atoms with Gasteiger partial charge in [0, 0.05) is 47.9 Å². The fourth-order valence-corrected chi connectivity index (χ4v) is 6.35. The Hall–Kier alpha value is -3.92. The number of nitrogens with zero attached hydrogens (tertiary/aromatic N) is 4. The molecule has 42 heavy (non-hydrogen) atoms. The monoisotopic (exact) mass is 571 g/mol. The van der Waals surface area contributed by atoms with Gasteiger partial charge in [-0.25, -0.2) is 4.98 Å². The fraction of sp³-hybridized carbons (Fsp3) is 0.500. The molecular weight excluding hydrogens is 530 g/mol. The van der Waals surface area contributed by atoms with Gasteiger partial charge >= 0.3 is 0 Å². The highest BCUT2D eigenvalue weighted by Gasteiger charge is 2.29. The summed E-state index contributed by atoms with van der Waals surface area (Å²) in [5.41, 5.74) is 3.60. The van der Waals surface area contributed by atoms with Gasteiger partial charge in [-0.15, -0.1) is 0 Å². The van der Waals surface area contributed by atoms with Gasteiger partial charge in [-0.3, -0.25) is 14.5 Å². The summed E-state index contributed by atoms with van der Waals surface area (Å²) in [4.78, 5) is 44.2. The van der Waals surface area contributed by atoms with Crippen molar-refractivity contribution in [2.75, 3.05) is 26.2 Å². The number of aromatic nitrogens is 4. The molecule has 1 aliphatic carbocycles. The van der Waals surface area contributed by atoms with Crippen molar-refractivity contribution in [2.45, 2.75) is 70.9 Å². The molecule has 4 aromatic rings. The third kappa shape index (κ3) is 6.28. The maximum Gasteiger partial charge on any atom is 0.280 e. The molecule has 1 saturated heterocycles. The van der Waals surface area contributed by atoms with E-state index in [2.05, 4.69) is 34.7 Å². The minimum atomic E-state index is -0.317. The quantitative estimate of drug-likeness (QED) is 0.283. The van der Waals surface area contributed by atoms with Crippen molar-refractivity contribution in [3.63, 3.8) is 0 Å². The first kappa shape index (κ1) is 28.2. The Balaban J connectivity index is 1.29. The molecule has 3 N–H and O–H groups in total. The van der Waals surface area contributed by atoms with Crippen LogP contribution in [0.25, 0.3) is 21.9 Å². The molecule has 1 aromatic carbocycles. The lowest BCUT2D eigenvalue weighted by Crippen LogP contribution is -2.38. The number of rotatable bonds is 8. The Labute approximate surface area is 245 Å². The minimum absolute atomic E-state index is 0.000603. The molecule has 0 atom stereocenters. The second-order valence-electron chi connectivity index (χ2n) is 12.0. The van der Waals surface area contributed by atoms with E-state index in [0.29, 0.717) is 23.7 Å². The number of carbonyl (C=O) groups is 2. The smallest absolute Gasteiger partial charge is 0.280 e. The van der Waals surface area contributed by atoms with E-state index in [1.54, 1.807) is 6.20 Å². The summed E-state index contributed by atoms with van der Waals surface area (Å²) >= 11 is 0. The number of likely N-dealkylation sites (tertiary alicyclic amines) is 1. The van der Waals surface area contributed by atoms with Crippen LogP contribution in [0, 0.1) is 5.92 Å². The van der Waals surface area contributed by atoms with Crippen LogP contribution >= 0.6 is 0 Å². The van der Waals surface area contributed by atoms with Gasteiger partial charge in [0.2, 0.25) is 17.4 Å². The van der Waals surface area contributed by atoms with Crippen molar-refractivity contribution < 1.29 is 14.3 Å². The van der Waals surface area contributed by atoms with E-state index in [4.69, 9.17) is 4.74 Å². The standard InChI is InChI=1S/C32H41N7O3/c1-21(2)35-30(40)23-8-10-25(11-9-23)39-28-19-29(42-17-16-38-14-4-3-5-15-38)34-20-27(28)36-32(39)37-31(41)24-7-6-22-12-13-33-26(22)18-24/h6-7,12-13,18-21,23,25,33H,3-5,8-11,14-17H2,1-2H3,(H,35,40)(H,36,37,41)/t23-,25+. The molecule has 1 saturated carbocycles. The molecule has 2 fully saturated rings. The van der Waals surface area contributed by atoms with Gasteiger partial charge < -0.3 is 24.6 Å². The highest BCUT2D eigenvalue weighted by atomic mass is 16.5. The number of imidazole rings is 1. The third-order valence-corrected chi connectivity index (χ3v) is 8.57. The molecule has 6 rings (SSSR count). The summed E-state index contributed by atoms with van der Waals surface area (Å²) in [5.74, 6) is 0.371. The van der Waals surface area contributed by atoms with Gasteiger partial charge in [-0.1, -0.05) is 12.5 Å². The Morgan fingerprint density at radius 1 is 1.07 bits per heavy atom. The van der Waals surface area contributed by atoms with Crippen molar-refractivity contribution in [3.8, 4) is 5.88 Å². The molecule has 3 aromatic heterocycles. The van der Waals surface area contributed by atoms with E-state index in [1.807, 2.05) is 50.4 Å². The van der Waals surface area contributed by atoms with Gasteiger partial charge in [0.05, 0.1) is 17.2 Å². The summed E-state index contributed by atoms with van der Waals surface area (Å²) < 4.78 is 8.22. The van der Waals surface area contributed by atoms with Gasteiger partial charge in [-0.2, -0.15) is 4.99 Å². The number of benzene rings is 1. The Morgan fingerprint density at radius 2 is 1.88 bits per heavy atom. The molecule has 10 heteroatoms. The average Bonchev–Trinajstić information content (AvgIpc) is 3.61. The maximum absolute atomic E-state index is 13.4. The summed E-state index contributed by atoms with van der Waals surface area (Å²) in [6.07, 6.45) is 10.6. The van der Waals surface area contributed by atoms with Crippen LogP contribution in [0.1, 0.15) is 75.2 Å². The van der Waals surface area contributed by atoms with Crippen LogP contribution in [-0.2, 0) is 4.79 Å². The van der Waals surface area contributed by atoms with Crippen LogP contribution in [0.4, 0.5) is 0 Å². The van der Waals surface area contributed by atoms with Crippen molar-refractivity contribution in [3.05, 3.63) is 53.9 Å². The number of ether oxygens (including phenoxy) is 1. The number of nitrogens with one attached hydrogen (secondary N) is 3. The molecule has 10 nitrogen and oxygen atoms in total. The van der Waals surface area contributed by atoms with E-state index >= 15 is 0 Å². The predicted octanol–water partition coefficient (Wildman–Crippen LogP) is 4.71. The SMILES string of the molecule is CC(C)NC(=O)[C@H]1CC[C@@H](n2/c(=N/C(=O)c3ccc4cc[nH]c4c3)[nH]c3cnc(OCCN4CCCCC4)cc32)CC1. The molecular formula is C32H41N7O3. The summed E-state index contributed by atoms with van der Waals surface area (Å²) in [5, 5.41) is 4.11. The van der Waals surface area contributed by atoms with E-state index in [1.165, 1.54) is 19.3 Å². The van der Waals surface area contributed by atoms with Gasteiger partial charge in [0.25, 0.3) is 5.91 Å². The number of aromatic amines is 2. The van der Waals surface area contributed by atoms with Crippen LogP contribution in [0.5, 0.6) is 5.88 Å². The number of H-pyrrole nitrogens is 2. The Bertz CT molecular complexity index is 1620. The first-order valence-corrected chi connectivity index (χ1v) is 15.4. The van der Waals surface area contributed by atoms with Crippen LogP contribution in [0.15, 0.2) is 47.7 Å². The highest BCUT2D eigenvalue weighted by Crippen LogP contribution is 2.34. The minimum Gasteiger partial charge on any atom is -0.476 e. The lowest BCUT2D eigenvalue weighted by Gasteiger charge is -2.29. The molecule has 1 aliphatic heterocycles. The van der Waals surface area contributed by atoms with E-state index in [9.17, 15) is 9.59 Å². The molecule has 2 aliphatic rings. The van der Waals surface area contributed by atoms with Crippen LogP contribution in [0.2, 0.25) is 0 Å². The van der Waals surface area contributed by atoms with Crippen molar-refractivity contribution >= 4 is 33.8 Å². The number of carbonyl (C=O) groups excluding carboxylic acids is 2. The largest absolute Gasteiger partial charge is 0.476 e. The molecule has 0 spiro atoms. The Kier molecular flexibility index (Phi) is 8.41. The first-order valence-electron chi connectivity index (χ1n) is 15.4. The molecule has 2 amide bonds. The van der Waals surface area contributed by atoms with Crippen molar-refractivity contribution in [2.24, 2.45) is 10.9 Å². The molecule has 0 unspecified atom stereocenters. The number of hydrogen-bond donors (Lipinski definition) is 3. The second-order valence-corrected chi connectivity index (χ2v) is 12.0. The third-order valence-electron chi connectivity index (χ3n) is 8.57. The van der Waals surface area contributed by atoms with E-state index in [0.717, 1.165) is 67.3 Å². The average molecular weight is 572 g/mol. The van der Waals surface area contributed by atoms with Crippen LogP contribution in [-0.4, -0.2) is 68.5 Å². The zero-order valence-corrected chi connectivity index (χ0v) is 24.6. The Morgan fingerprint density at radius 3 is 2.67 bits per heavy atom. The van der Waals surface area contributed by atoms with Crippen molar-refractivity contribution in [1.82, 2.24) is 29.7 Å². The first-order chi connectivity index (χ1) is 20.4. The summed E-state index contributed by atoms with van der Waals surface area (Å²) in [6, 6.07) is 9.71. The number of pyridine rings is 1. The number of piperidine rings is 1. The molecule has 0 bridgehead atoms. The van der Waals surface area contributed by atoms with Crippen LogP contribution < -0.4 is 15.7 Å². The molecule has 222 valence electrons. The van der Waals surface area contributed by atoms with Crippen LogP contribution in [0.3, 0.4) is 0 Å². The fourth-order valence-electron chi connectivity index (χ4n) is 6.35. The zero-order chi connectivity index (χ0) is 29.1. The number of fused-ring (bicyclic) bond motifs is 2. The summed E-state index contributed by atoms with van der Waals surface area (Å²) in [7, 11) is 0. The second kappa shape index (κ2) is 12.5. The van der Waals surface area contributed by atoms with Gasteiger partial charge in [-0.05, 0) is 89.0 Å². The maximum atomic E-state index is 13.4. The van der Waals surface area contributed by atoms with E-state index in [-0.39, 0.29) is 29.8 Å². The lowest BCUT2D eigenvalue weighted by atomic mass is 9.85. The topological polar surface area (TPSA) is 120 Å². The number of hydrogen-bond acceptors (Lipinski definition) is 5. The summed E-state index contributed by atoms with van der Waals surface area (Å²) in [6.45, 7) is 7.70. The highest BCUT2D eigenvalue weighted by molar-refractivity contribution is 5.98. The number of amides is 2. The molecule has 0 radical (unpaired) electrons. The lowest BCUT2D eigenvalue weighted by molar-refractivity contribution is -0.126. The van der Waals surface area contributed by atoms with E-state index < -0.39 is 0 Å². The van der Waals surface area contributed by atoms with Gasteiger partial charge in [0.1, 0.15) is 6.61 Å². The molecule has 4 heterocycles. The predicted molar refractivity (Wildman–Crippen MR) is 162 cm³/mol.